The lowest BCUT2D eigenvalue weighted by Crippen LogP contribution is -2.39. The molecule has 0 radical (unpaired) electrons. The molecule has 2 N–H and O–H groups in total. The van der Waals surface area contributed by atoms with Crippen LogP contribution in [0.4, 0.5) is 0 Å². The second-order valence-corrected chi connectivity index (χ2v) is 11.9. The minimum absolute atomic E-state index is 0.0826. The summed E-state index contributed by atoms with van der Waals surface area (Å²) in [6, 6.07) is 3.72. The number of esters is 4. The Morgan fingerprint density at radius 2 is 1.27 bits per heavy atom. The molecule has 0 saturated carbocycles. The van der Waals surface area contributed by atoms with Crippen molar-refractivity contribution in [3.05, 3.63) is 23.8 Å². The lowest BCUT2D eigenvalue weighted by molar-refractivity contribution is -0.167. The molecule has 0 aliphatic rings. The number of nitrogens with two attached hydrogens (primary N) is 1. The average Bonchev–Trinajstić information content (AvgIpc) is 2.84. The number of carbonyl (C=O) groups is 4. The first-order valence-corrected chi connectivity index (χ1v) is 14.3. The van der Waals surface area contributed by atoms with Crippen LogP contribution in [0.3, 0.4) is 0 Å². The molecule has 0 aliphatic carbocycles. The van der Waals surface area contributed by atoms with Gasteiger partial charge in [-0.05, 0) is 56.2 Å². The molecule has 0 aliphatic heterocycles. The molecular formula is C31H49NO8. The SMILES string of the molecule is CCCC(C)C(=O)Oc1ccc(C[C@H](N)C(=O)O[C@@H](C)[C@H](C)OC(=O)CC(C)(C)C)cc1OC(=O)C(C)CCC. The van der Waals surface area contributed by atoms with Crippen molar-refractivity contribution in [3.63, 3.8) is 0 Å². The Kier molecular flexibility index (Phi) is 14.3. The average molecular weight is 564 g/mol. The molecule has 0 bridgehead atoms. The summed E-state index contributed by atoms with van der Waals surface area (Å²) in [5.41, 5.74) is 6.51. The van der Waals surface area contributed by atoms with Crippen molar-refractivity contribution in [2.75, 3.05) is 0 Å². The van der Waals surface area contributed by atoms with Crippen molar-refractivity contribution in [2.24, 2.45) is 23.0 Å². The maximum atomic E-state index is 12.7. The zero-order valence-electron chi connectivity index (χ0n) is 25.7. The number of rotatable bonds is 15. The Morgan fingerprint density at radius 3 is 1.77 bits per heavy atom. The van der Waals surface area contributed by atoms with Crippen LogP contribution >= 0.6 is 0 Å². The van der Waals surface area contributed by atoms with Crippen LogP contribution in [0.2, 0.25) is 0 Å². The summed E-state index contributed by atoms with van der Waals surface area (Å²) in [6.45, 7) is 16.6. The first-order valence-electron chi connectivity index (χ1n) is 14.3. The second-order valence-electron chi connectivity index (χ2n) is 11.9. The first kappa shape index (κ1) is 35.1. The summed E-state index contributed by atoms with van der Waals surface area (Å²) in [7, 11) is 0. The molecule has 0 spiro atoms. The van der Waals surface area contributed by atoms with Crippen molar-refractivity contribution in [1.29, 1.82) is 0 Å². The largest absolute Gasteiger partial charge is 0.459 e. The van der Waals surface area contributed by atoms with Crippen LogP contribution in [0.15, 0.2) is 18.2 Å². The van der Waals surface area contributed by atoms with Gasteiger partial charge in [0.2, 0.25) is 0 Å². The van der Waals surface area contributed by atoms with Gasteiger partial charge in [0, 0.05) is 0 Å². The highest BCUT2D eigenvalue weighted by Crippen LogP contribution is 2.31. The van der Waals surface area contributed by atoms with Crippen molar-refractivity contribution >= 4 is 23.9 Å². The monoisotopic (exact) mass is 563 g/mol. The minimum Gasteiger partial charge on any atom is -0.459 e. The maximum Gasteiger partial charge on any atom is 0.323 e. The summed E-state index contributed by atoms with van der Waals surface area (Å²) in [5.74, 6) is -2.31. The van der Waals surface area contributed by atoms with Crippen LogP contribution in [0.25, 0.3) is 0 Å². The van der Waals surface area contributed by atoms with E-state index in [4.69, 9.17) is 24.7 Å². The standard InChI is InChI=1S/C31H49NO8/c1-10-12-19(3)28(34)39-25-15-14-23(17-26(25)40-29(35)20(4)13-11-2)16-24(32)30(36)38-22(6)21(5)37-27(33)18-31(7,8)9/h14-15,17,19-22,24H,10-13,16,18,32H2,1-9H3/t19?,20?,21-,22-,24-/m0/s1. The molecule has 2 unspecified atom stereocenters. The van der Waals surface area contributed by atoms with Crippen molar-refractivity contribution in [3.8, 4) is 11.5 Å². The fourth-order valence-corrected chi connectivity index (χ4v) is 3.84. The fourth-order valence-electron chi connectivity index (χ4n) is 3.84. The van der Waals surface area contributed by atoms with E-state index in [1.54, 1.807) is 39.8 Å². The number of ether oxygens (including phenoxy) is 4. The molecule has 0 fully saturated rings. The van der Waals surface area contributed by atoms with Gasteiger partial charge in [0.25, 0.3) is 0 Å². The molecule has 1 aromatic carbocycles. The summed E-state index contributed by atoms with van der Waals surface area (Å²) in [4.78, 5) is 50.0. The number of hydrogen-bond acceptors (Lipinski definition) is 9. The molecule has 226 valence electrons. The van der Waals surface area contributed by atoms with Gasteiger partial charge in [0.15, 0.2) is 11.5 Å². The molecule has 40 heavy (non-hydrogen) atoms. The summed E-state index contributed by atoms with van der Waals surface area (Å²) < 4.78 is 22.1. The zero-order chi connectivity index (χ0) is 30.6. The minimum atomic E-state index is -1.03. The second kappa shape index (κ2) is 16.4. The molecule has 9 heteroatoms. The van der Waals surface area contributed by atoms with Gasteiger partial charge in [-0.2, -0.15) is 0 Å². The van der Waals surface area contributed by atoms with E-state index < -0.39 is 36.2 Å². The third-order valence-corrected chi connectivity index (χ3v) is 6.39. The van der Waals surface area contributed by atoms with Gasteiger partial charge in [-0.15, -0.1) is 0 Å². The number of carbonyl (C=O) groups excluding carboxylic acids is 4. The van der Waals surface area contributed by atoms with E-state index in [2.05, 4.69) is 0 Å². The highest BCUT2D eigenvalue weighted by molar-refractivity contribution is 5.79. The van der Waals surface area contributed by atoms with Crippen LogP contribution in [0.5, 0.6) is 11.5 Å². The Bertz CT molecular complexity index is 1000. The molecule has 0 amide bonds. The third kappa shape index (κ3) is 12.5. The van der Waals surface area contributed by atoms with E-state index in [0.717, 1.165) is 12.8 Å². The number of hydrogen-bond donors (Lipinski definition) is 1. The summed E-state index contributed by atoms with van der Waals surface area (Å²) in [5, 5.41) is 0. The topological polar surface area (TPSA) is 131 Å². The Labute approximate surface area is 239 Å². The summed E-state index contributed by atoms with van der Waals surface area (Å²) in [6.07, 6.45) is 1.94. The van der Waals surface area contributed by atoms with Crippen LogP contribution in [-0.2, 0) is 35.1 Å². The fraction of sp³-hybridized carbons (Fsp3) is 0.677. The van der Waals surface area contributed by atoms with E-state index in [-0.39, 0.29) is 47.6 Å². The number of benzene rings is 1. The molecule has 0 heterocycles. The zero-order valence-corrected chi connectivity index (χ0v) is 25.7. The highest BCUT2D eigenvalue weighted by Gasteiger charge is 2.27. The van der Waals surface area contributed by atoms with Gasteiger partial charge < -0.3 is 24.7 Å². The van der Waals surface area contributed by atoms with Crippen molar-refractivity contribution in [2.45, 2.75) is 119 Å². The summed E-state index contributed by atoms with van der Waals surface area (Å²) >= 11 is 0. The van der Waals surface area contributed by atoms with Crippen LogP contribution in [0, 0.1) is 17.3 Å². The van der Waals surface area contributed by atoms with Gasteiger partial charge >= 0.3 is 23.9 Å². The molecule has 5 atom stereocenters. The lowest BCUT2D eigenvalue weighted by Gasteiger charge is -2.24. The molecular weight excluding hydrogens is 514 g/mol. The van der Waals surface area contributed by atoms with Crippen molar-refractivity contribution in [1.82, 2.24) is 0 Å². The predicted octanol–water partition coefficient (Wildman–Crippen LogP) is 5.54. The highest BCUT2D eigenvalue weighted by atomic mass is 16.6. The van der Waals surface area contributed by atoms with Gasteiger partial charge in [-0.3, -0.25) is 19.2 Å². The molecule has 1 rings (SSSR count). The molecule has 1 aromatic rings. The van der Waals surface area contributed by atoms with Gasteiger partial charge in [0.1, 0.15) is 18.2 Å². The van der Waals surface area contributed by atoms with Gasteiger partial charge in [0.05, 0.1) is 18.3 Å². The normalized spacial score (nSPS) is 15.2. The maximum absolute atomic E-state index is 12.7. The van der Waals surface area contributed by atoms with E-state index in [1.807, 2.05) is 34.6 Å². The van der Waals surface area contributed by atoms with Crippen LogP contribution in [0.1, 0.15) is 100.0 Å². The van der Waals surface area contributed by atoms with E-state index >= 15 is 0 Å². The van der Waals surface area contributed by atoms with Crippen LogP contribution < -0.4 is 15.2 Å². The van der Waals surface area contributed by atoms with Gasteiger partial charge in [-0.1, -0.05) is 67.4 Å². The first-order chi connectivity index (χ1) is 18.6. The van der Waals surface area contributed by atoms with Gasteiger partial charge in [-0.25, -0.2) is 0 Å². The quantitative estimate of drug-likeness (QED) is 0.216. The lowest BCUT2D eigenvalue weighted by atomic mass is 9.92. The predicted molar refractivity (Wildman–Crippen MR) is 153 cm³/mol. The van der Waals surface area contributed by atoms with E-state index in [1.165, 1.54) is 6.07 Å². The Balaban J connectivity index is 2.98. The Morgan fingerprint density at radius 1 is 0.775 bits per heavy atom. The third-order valence-electron chi connectivity index (χ3n) is 6.39. The van der Waals surface area contributed by atoms with Crippen molar-refractivity contribution < 1.29 is 38.1 Å². The molecule has 0 saturated heterocycles. The molecule has 9 nitrogen and oxygen atoms in total. The van der Waals surface area contributed by atoms with E-state index in [9.17, 15) is 19.2 Å². The molecule has 0 aromatic heterocycles. The Hall–Kier alpha value is -2.94. The van der Waals surface area contributed by atoms with Crippen LogP contribution in [-0.4, -0.2) is 42.1 Å². The smallest absolute Gasteiger partial charge is 0.323 e. The van der Waals surface area contributed by atoms with E-state index in [0.29, 0.717) is 18.4 Å².